The Bertz CT molecular complexity index is 592. The molecule has 88 valence electrons. The van der Waals surface area contributed by atoms with E-state index in [1.807, 2.05) is 0 Å². The number of hydrogen-bond donors (Lipinski definition) is 0. The number of non-ortho nitro benzene ring substituents is 1. The molecule has 1 aromatic carbocycles. The molecule has 2 aromatic rings. The second-order valence-corrected chi connectivity index (χ2v) is 3.73. The quantitative estimate of drug-likeness (QED) is 0.593. The minimum Gasteiger partial charge on any atom is -0.258 e. The Balaban J connectivity index is 2.54. The third kappa shape index (κ3) is 2.01. The Morgan fingerprint density at radius 3 is 2.53 bits per heavy atom. The van der Waals surface area contributed by atoms with E-state index in [2.05, 4.69) is 5.10 Å². The molecule has 0 saturated heterocycles. The maximum atomic E-state index is 13.7. The van der Waals surface area contributed by atoms with Crippen LogP contribution >= 0.6 is 0 Å². The zero-order valence-corrected chi connectivity index (χ0v) is 9.35. The van der Waals surface area contributed by atoms with Gasteiger partial charge in [0.15, 0.2) is 5.82 Å². The minimum absolute atomic E-state index is 0.209. The maximum absolute atomic E-state index is 13.7. The molecule has 5 nitrogen and oxygen atoms in total. The number of nitro benzene ring substituents is 1. The highest BCUT2D eigenvalue weighted by Gasteiger charge is 2.13. The van der Waals surface area contributed by atoms with E-state index in [1.165, 1.54) is 16.8 Å². The van der Waals surface area contributed by atoms with E-state index in [-0.39, 0.29) is 11.4 Å². The van der Waals surface area contributed by atoms with Crippen LogP contribution in [0.4, 0.5) is 10.1 Å². The molecule has 0 bridgehead atoms. The molecule has 0 aliphatic carbocycles. The van der Waals surface area contributed by atoms with E-state index in [4.69, 9.17) is 0 Å². The Morgan fingerprint density at radius 1 is 1.35 bits per heavy atom. The Morgan fingerprint density at radius 2 is 2.06 bits per heavy atom. The van der Waals surface area contributed by atoms with Gasteiger partial charge in [-0.3, -0.25) is 10.1 Å². The largest absolute Gasteiger partial charge is 0.272 e. The zero-order valence-electron chi connectivity index (χ0n) is 9.35. The second kappa shape index (κ2) is 3.97. The van der Waals surface area contributed by atoms with Crippen molar-refractivity contribution >= 4 is 5.69 Å². The lowest BCUT2D eigenvalue weighted by Crippen LogP contribution is -2.02. The summed E-state index contributed by atoms with van der Waals surface area (Å²) in [4.78, 5) is 9.86. The van der Waals surface area contributed by atoms with Crippen LogP contribution < -0.4 is 0 Å². The summed E-state index contributed by atoms with van der Waals surface area (Å²) in [6.45, 7) is 3.59. The molecule has 2 rings (SSSR count). The molecular formula is C11H10FN3O2. The zero-order chi connectivity index (χ0) is 12.6. The molecular weight excluding hydrogens is 225 g/mol. The predicted molar refractivity (Wildman–Crippen MR) is 59.7 cm³/mol. The smallest absolute Gasteiger partial charge is 0.258 e. The summed E-state index contributed by atoms with van der Waals surface area (Å²) >= 11 is 0. The van der Waals surface area contributed by atoms with Crippen LogP contribution in [0.2, 0.25) is 0 Å². The van der Waals surface area contributed by atoms with Gasteiger partial charge >= 0.3 is 0 Å². The number of aryl methyl sites for hydroxylation is 2. The highest BCUT2D eigenvalue weighted by Crippen LogP contribution is 2.20. The van der Waals surface area contributed by atoms with Gasteiger partial charge in [-0.2, -0.15) is 5.10 Å². The van der Waals surface area contributed by atoms with Crippen molar-refractivity contribution in [2.24, 2.45) is 0 Å². The first-order chi connectivity index (χ1) is 7.99. The molecule has 0 unspecified atom stereocenters. The summed E-state index contributed by atoms with van der Waals surface area (Å²) in [5, 5.41) is 14.6. The van der Waals surface area contributed by atoms with E-state index in [1.54, 1.807) is 19.9 Å². The summed E-state index contributed by atoms with van der Waals surface area (Å²) in [5.41, 5.74) is 1.48. The number of hydrogen-bond acceptors (Lipinski definition) is 3. The normalized spacial score (nSPS) is 10.5. The van der Waals surface area contributed by atoms with E-state index >= 15 is 0 Å². The van der Waals surface area contributed by atoms with Crippen molar-refractivity contribution in [2.75, 3.05) is 0 Å². The van der Waals surface area contributed by atoms with Crippen molar-refractivity contribution in [3.05, 3.63) is 51.6 Å². The van der Waals surface area contributed by atoms with Gasteiger partial charge in [0.2, 0.25) is 0 Å². The van der Waals surface area contributed by atoms with Gasteiger partial charge in [0, 0.05) is 11.8 Å². The van der Waals surface area contributed by atoms with E-state index in [0.29, 0.717) is 0 Å². The first-order valence-electron chi connectivity index (χ1n) is 4.96. The van der Waals surface area contributed by atoms with E-state index in [9.17, 15) is 14.5 Å². The molecule has 0 atom stereocenters. The topological polar surface area (TPSA) is 61.0 Å². The predicted octanol–water partition coefficient (Wildman–Crippen LogP) is 2.54. The van der Waals surface area contributed by atoms with Crippen molar-refractivity contribution in [3.8, 4) is 5.69 Å². The summed E-state index contributed by atoms with van der Waals surface area (Å²) in [6, 6.07) is 5.31. The van der Waals surface area contributed by atoms with Gasteiger partial charge in [0.1, 0.15) is 5.69 Å². The lowest BCUT2D eigenvalue weighted by Gasteiger charge is -2.05. The average molecular weight is 235 g/mol. The van der Waals surface area contributed by atoms with Crippen LogP contribution in [0.1, 0.15) is 11.4 Å². The SMILES string of the molecule is Cc1cc(C)n(-c2ccc([N+](=O)[O-])cc2F)n1. The van der Waals surface area contributed by atoms with Crippen molar-refractivity contribution in [1.29, 1.82) is 0 Å². The van der Waals surface area contributed by atoms with E-state index in [0.717, 1.165) is 17.5 Å². The minimum atomic E-state index is -0.662. The number of nitro groups is 1. The number of rotatable bonds is 2. The third-order valence-corrected chi connectivity index (χ3v) is 2.38. The Kier molecular flexibility index (Phi) is 2.63. The maximum Gasteiger partial charge on any atom is 0.272 e. The van der Waals surface area contributed by atoms with Crippen molar-refractivity contribution in [1.82, 2.24) is 9.78 Å². The van der Waals surface area contributed by atoms with Crippen LogP contribution in [0.5, 0.6) is 0 Å². The molecule has 6 heteroatoms. The number of aromatic nitrogens is 2. The molecule has 0 radical (unpaired) electrons. The van der Waals surface area contributed by atoms with Crippen LogP contribution in [0, 0.1) is 29.8 Å². The molecule has 0 aliphatic heterocycles. The van der Waals surface area contributed by atoms with Gasteiger partial charge in [0.25, 0.3) is 5.69 Å². The second-order valence-electron chi connectivity index (χ2n) is 3.73. The van der Waals surface area contributed by atoms with Crippen LogP contribution in [0.3, 0.4) is 0 Å². The van der Waals surface area contributed by atoms with Gasteiger partial charge in [-0.05, 0) is 26.0 Å². The molecule has 1 aromatic heterocycles. The highest BCUT2D eigenvalue weighted by molar-refractivity contribution is 5.42. The van der Waals surface area contributed by atoms with E-state index < -0.39 is 10.7 Å². The van der Waals surface area contributed by atoms with Gasteiger partial charge in [0.05, 0.1) is 16.7 Å². The molecule has 0 saturated carbocycles. The Labute approximate surface area is 96.6 Å². The first kappa shape index (κ1) is 11.3. The fourth-order valence-corrected chi connectivity index (χ4v) is 1.65. The Hall–Kier alpha value is -2.24. The summed E-state index contributed by atoms with van der Waals surface area (Å²) < 4.78 is 15.1. The van der Waals surface area contributed by atoms with Gasteiger partial charge < -0.3 is 0 Å². The number of halogens is 1. The molecule has 0 N–H and O–H groups in total. The van der Waals surface area contributed by atoms with Gasteiger partial charge in [-0.1, -0.05) is 0 Å². The van der Waals surface area contributed by atoms with Crippen molar-refractivity contribution in [3.63, 3.8) is 0 Å². The molecule has 0 spiro atoms. The number of nitrogens with zero attached hydrogens (tertiary/aromatic N) is 3. The molecule has 1 heterocycles. The van der Waals surface area contributed by atoms with Gasteiger partial charge in [-0.25, -0.2) is 9.07 Å². The lowest BCUT2D eigenvalue weighted by molar-refractivity contribution is -0.385. The molecule has 17 heavy (non-hydrogen) atoms. The lowest BCUT2D eigenvalue weighted by atomic mass is 10.2. The highest BCUT2D eigenvalue weighted by atomic mass is 19.1. The fraction of sp³-hybridized carbons (Fsp3) is 0.182. The standard InChI is InChI=1S/C11H10FN3O2/c1-7-5-8(2)14(13-7)11-4-3-9(15(16)17)6-10(11)12/h3-6H,1-2H3. The molecule has 0 fully saturated rings. The van der Waals surface area contributed by atoms with Crippen LogP contribution in [-0.2, 0) is 0 Å². The summed E-state index contributed by atoms with van der Waals surface area (Å²) in [5.74, 6) is -0.662. The summed E-state index contributed by atoms with van der Waals surface area (Å²) in [6.07, 6.45) is 0. The fourth-order valence-electron chi connectivity index (χ4n) is 1.65. The average Bonchev–Trinajstić information content (AvgIpc) is 2.57. The van der Waals surface area contributed by atoms with Gasteiger partial charge in [-0.15, -0.1) is 0 Å². The van der Waals surface area contributed by atoms with Crippen LogP contribution in [-0.4, -0.2) is 14.7 Å². The van der Waals surface area contributed by atoms with Crippen LogP contribution in [0.15, 0.2) is 24.3 Å². The monoisotopic (exact) mass is 235 g/mol. The van der Waals surface area contributed by atoms with Crippen molar-refractivity contribution < 1.29 is 9.31 Å². The molecule has 0 amide bonds. The van der Waals surface area contributed by atoms with Crippen molar-refractivity contribution in [2.45, 2.75) is 13.8 Å². The van der Waals surface area contributed by atoms with Crippen LogP contribution in [0.25, 0.3) is 5.69 Å². The third-order valence-electron chi connectivity index (χ3n) is 2.38. The molecule has 0 aliphatic rings. The number of benzene rings is 1. The summed E-state index contributed by atoms with van der Waals surface area (Å²) in [7, 11) is 0. The first-order valence-corrected chi connectivity index (χ1v) is 4.96.